The van der Waals surface area contributed by atoms with Crippen LogP contribution in [-0.4, -0.2) is 74.2 Å². The van der Waals surface area contributed by atoms with Gasteiger partial charge in [-0.25, -0.2) is 0 Å². The summed E-state index contributed by atoms with van der Waals surface area (Å²) in [4.78, 5) is 0. The first-order chi connectivity index (χ1) is 13.2. The van der Waals surface area contributed by atoms with Gasteiger partial charge in [-0.15, -0.1) is 4.37 Å². The largest absolute Gasteiger partial charge is 0.479 e. The van der Waals surface area contributed by atoms with Crippen LogP contribution in [0, 0.1) is 5.92 Å². The van der Waals surface area contributed by atoms with Gasteiger partial charge in [0, 0.05) is 30.3 Å². The van der Waals surface area contributed by atoms with E-state index in [9.17, 15) is 10.3 Å². The van der Waals surface area contributed by atoms with Crippen LogP contribution >= 0.6 is 11.7 Å². The lowest BCUT2D eigenvalue weighted by Gasteiger charge is -2.35. The lowest BCUT2D eigenvalue weighted by molar-refractivity contribution is -0.196. The first-order valence-corrected chi connectivity index (χ1v) is 10.6. The van der Waals surface area contributed by atoms with E-state index < -0.39 is 6.10 Å². The lowest BCUT2D eigenvalue weighted by Crippen LogP contribution is -2.46. The van der Waals surface area contributed by atoms with E-state index in [0.29, 0.717) is 24.9 Å². The molecule has 0 bridgehead atoms. The van der Waals surface area contributed by atoms with Gasteiger partial charge in [0.15, 0.2) is 0 Å². The smallest absolute Gasteiger partial charge is 0.245 e. The number of aromatic nitrogens is 2. The van der Waals surface area contributed by atoms with Crippen molar-refractivity contribution in [2.75, 3.05) is 27.4 Å². The van der Waals surface area contributed by atoms with Gasteiger partial charge in [-0.3, -0.25) is 0 Å². The second kappa shape index (κ2) is 12.1. The van der Waals surface area contributed by atoms with Crippen molar-refractivity contribution in [2.24, 2.45) is 5.92 Å². The summed E-state index contributed by atoms with van der Waals surface area (Å²) >= 11 is 1.14. The Morgan fingerprint density at radius 2 is 1.90 bits per heavy atom. The molecule has 9 heteroatoms. The molecule has 1 fully saturated rings. The molecule has 0 radical (unpaired) electrons. The third kappa shape index (κ3) is 10.7. The van der Waals surface area contributed by atoms with Crippen LogP contribution in [0.25, 0.3) is 0 Å². The SMILES string of the molecule is CC1CC(C)(C)N(O)C1(C)C.COCC(O)CNC(C)(C)C.COc1cnsn1. The highest BCUT2D eigenvalue weighted by atomic mass is 32.1. The maximum absolute atomic E-state index is 9.79. The van der Waals surface area contributed by atoms with Crippen molar-refractivity contribution in [3.05, 3.63) is 6.20 Å². The fourth-order valence-corrected chi connectivity index (χ4v) is 3.38. The van der Waals surface area contributed by atoms with Crippen molar-refractivity contribution in [3.63, 3.8) is 0 Å². The van der Waals surface area contributed by atoms with Crippen LogP contribution in [0.15, 0.2) is 6.20 Å². The van der Waals surface area contributed by atoms with E-state index in [1.54, 1.807) is 20.4 Å². The van der Waals surface area contributed by atoms with Gasteiger partial charge in [0.1, 0.15) is 6.20 Å². The number of rotatable bonds is 5. The fraction of sp³-hybridized carbons (Fsp3) is 0.900. The average Bonchev–Trinajstić information content (AvgIpc) is 3.17. The molecule has 3 N–H and O–H groups in total. The van der Waals surface area contributed by atoms with Gasteiger partial charge in [-0.1, -0.05) is 6.92 Å². The quantitative estimate of drug-likeness (QED) is 0.650. The van der Waals surface area contributed by atoms with E-state index in [1.165, 1.54) is 5.06 Å². The maximum Gasteiger partial charge on any atom is 0.245 e. The summed E-state index contributed by atoms with van der Waals surface area (Å²) in [6.45, 7) is 17.7. The molecule has 1 saturated heterocycles. The lowest BCUT2D eigenvalue weighted by atomic mass is 9.89. The van der Waals surface area contributed by atoms with E-state index in [2.05, 4.69) is 69.5 Å². The van der Waals surface area contributed by atoms with E-state index in [4.69, 9.17) is 9.47 Å². The molecule has 29 heavy (non-hydrogen) atoms. The molecule has 0 spiro atoms. The minimum Gasteiger partial charge on any atom is -0.479 e. The maximum atomic E-state index is 9.79. The number of methoxy groups -OCH3 is 2. The van der Waals surface area contributed by atoms with Gasteiger partial charge in [0.2, 0.25) is 5.88 Å². The highest BCUT2D eigenvalue weighted by Crippen LogP contribution is 2.42. The number of hydrogen-bond acceptors (Lipinski definition) is 9. The third-order valence-electron chi connectivity index (χ3n) is 4.91. The Kier molecular flexibility index (Phi) is 11.8. The van der Waals surface area contributed by atoms with Crippen LogP contribution in [0.1, 0.15) is 61.8 Å². The summed E-state index contributed by atoms with van der Waals surface area (Å²) in [6, 6.07) is 0. The molecule has 8 nitrogen and oxygen atoms in total. The van der Waals surface area contributed by atoms with Gasteiger partial charge >= 0.3 is 0 Å². The predicted molar refractivity (Wildman–Crippen MR) is 118 cm³/mol. The number of aliphatic hydroxyl groups excluding tert-OH is 1. The van der Waals surface area contributed by atoms with Crippen molar-refractivity contribution in [1.29, 1.82) is 0 Å². The normalized spacial score (nSPS) is 21.4. The highest BCUT2D eigenvalue weighted by molar-refractivity contribution is 6.99. The average molecular weight is 435 g/mol. The van der Waals surface area contributed by atoms with E-state index >= 15 is 0 Å². The van der Waals surface area contributed by atoms with Crippen LogP contribution in [0.4, 0.5) is 0 Å². The molecule has 0 aromatic carbocycles. The molecule has 2 rings (SSSR count). The molecule has 0 saturated carbocycles. The highest BCUT2D eigenvalue weighted by Gasteiger charge is 2.48. The van der Waals surface area contributed by atoms with E-state index in [0.717, 1.165) is 18.1 Å². The molecular formula is C20H42N4O4S. The summed E-state index contributed by atoms with van der Waals surface area (Å²) in [7, 11) is 3.15. The molecule has 2 heterocycles. The molecule has 2 unspecified atom stereocenters. The predicted octanol–water partition coefficient (Wildman–Crippen LogP) is 3.20. The molecule has 1 aromatic heterocycles. The number of hydroxylamine groups is 2. The number of hydrogen-bond donors (Lipinski definition) is 3. The number of β-amino-alcohol motifs (C(OH)–C–C–N with tert-alkyl or cyclic N) is 1. The number of ether oxygens (including phenoxy) is 2. The van der Waals surface area contributed by atoms with Gasteiger partial charge in [-0.05, 0) is 60.8 Å². The molecule has 1 aliphatic rings. The molecule has 0 aliphatic carbocycles. The summed E-state index contributed by atoms with van der Waals surface area (Å²) in [6.07, 6.45) is 2.24. The zero-order valence-corrected chi connectivity index (χ0v) is 20.6. The first kappa shape index (κ1) is 28.2. The molecule has 2 atom stereocenters. The Hall–Kier alpha value is -0.840. The van der Waals surface area contributed by atoms with Gasteiger partial charge in [0.25, 0.3) is 0 Å². The molecule has 1 aliphatic heterocycles. The summed E-state index contributed by atoms with van der Waals surface area (Å²) in [5, 5.41) is 23.7. The zero-order valence-electron chi connectivity index (χ0n) is 19.8. The Morgan fingerprint density at radius 1 is 1.31 bits per heavy atom. The fourth-order valence-electron chi connectivity index (χ4n) is 3.00. The monoisotopic (exact) mass is 434 g/mol. The molecule has 172 valence electrons. The third-order valence-corrected chi connectivity index (χ3v) is 5.37. The van der Waals surface area contributed by atoms with E-state index in [1.807, 2.05) is 0 Å². The molecular weight excluding hydrogens is 392 g/mol. The van der Waals surface area contributed by atoms with Crippen LogP contribution in [0.3, 0.4) is 0 Å². The molecule has 0 amide bonds. The first-order valence-electron chi connectivity index (χ1n) is 9.90. The van der Waals surface area contributed by atoms with Crippen molar-refractivity contribution < 1.29 is 19.8 Å². The van der Waals surface area contributed by atoms with Crippen LogP contribution < -0.4 is 10.1 Å². The van der Waals surface area contributed by atoms with Crippen LogP contribution in [0.2, 0.25) is 0 Å². The Morgan fingerprint density at radius 3 is 2.14 bits per heavy atom. The molecule has 1 aromatic rings. The summed E-state index contributed by atoms with van der Waals surface area (Å²) in [5.41, 5.74) is -0.0544. The van der Waals surface area contributed by atoms with Gasteiger partial charge < -0.3 is 25.1 Å². The van der Waals surface area contributed by atoms with Gasteiger partial charge in [0.05, 0.1) is 31.5 Å². The summed E-state index contributed by atoms with van der Waals surface area (Å²) in [5.74, 6) is 1.15. The van der Waals surface area contributed by atoms with Crippen molar-refractivity contribution >= 4 is 11.7 Å². The van der Waals surface area contributed by atoms with E-state index in [-0.39, 0.29) is 16.6 Å². The topological polar surface area (TPSA) is 100.0 Å². The summed E-state index contributed by atoms with van der Waals surface area (Å²) < 4.78 is 16.9. The van der Waals surface area contributed by atoms with Crippen LogP contribution in [0.5, 0.6) is 5.88 Å². The minimum absolute atomic E-state index is 0.0527. The van der Waals surface area contributed by atoms with Crippen molar-refractivity contribution in [2.45, 2.75) is 84.5 Å². The standard InChI is InChI=1S/C9H19NO.C8H19NO2.C3H4N2OS/c1-7-6-8(2,3)10(11)9(7,4)5;1-8(2,3)9-5-7(10)6-11-4;1-6-3-2-4-7-5-3/h7,11H,6H2,1-5H3;7,9-10H,5-6H2,1-4H3;2H,1H3. The Labute approximate surface area is 180 Å². The van der Waals surface area contributed by atoms with Crippen molar-refractivity contribution in [1.82, 2.24) is 19.1 Å². The zero-order chi connectivity index (χ0) is 22.9. The van der Waals surface area contributed by atoms with Crippen LogP contribution in [-0.2, 0) is 4.74 Å². The van der Waals surface area contributed by atoms with Gasteiger partial charge in [-0.2, -0.15) is 9.44 Å². The Bertz CT molecular complexity index is 547. The number of aliphatic hydroxyl groups is 1. The number of nitrogens with zero attached hydrogens (tertiary/aromatic N) is 3. The second-order valence-corrected chi connectivity index (χ2v) is 10.1. The minimum atomic E-state index is -0.403. The Balaban J connectivity index is 0.000000416. The van der Waals surface area contributed by atoms with Crippen molar-refractivity contribution in [3.8, 4) is 5.88 Å². The second-order valence-electron chi connectivity index (χ2n) is 9.57. The number of nitrogens with one attached hydrogen (secondary N) is 1.